The maximum Gasteiger partial charge on any atom is 0.309 e. The van der Waals surface area contributed by atoms with Gasteiger partial charge < -0.3 is 9.64 Å². The molecule has 1 aliphatic rings. The van der Waals surface area contributed by atoms with Gasteiger partial charge in [-0.1, -0.05) is 6.07 Å². The van der Waals surface area contributed by atoms with Gasteiger partial charge in [0.2, 0.25) is 0 Å². The number of quaternary nitrogens is 1. The molecule has 0 aliphatic carbocycles. The third-order valence-electron chi connectivity index (χ3n) is 4.03. The Balaban J connectivity index is 1.52. The number of hydrogen-bond donors (Lipinski definition) is 1. The number of esters is 1. The number of aromatic nitrogens is 1. The number of hydrogen-bond acceptors (Lipinski definition) is 5. The van der Waals surface area contributed by atoms with E-state index in [1.807, 2.05) is 6.92 Å². The van der Waals surface area contributed by atoms with Crippen molar-refractivity contribution in [1.29, 1.82) is 0 Å². The summed E-state index contributed by atoms with van der Waals surface area (Å²) in [4.78, 5) is 19.3. The van der Waals surface area contributed by atoms with Crippen LogP contribution in [0, 0.1) is 5.92 Å². The molecule has 6 heteroatoms. The van der Waals surface area contributed by atoms with Crippen LogP contribution < -0.4 is 4.90 Å². The Morgan fingerprint density at radius 3 is 2.91 bits per heavy atom. The second kappa shape index (κ2) is 7.35. The number of piperidine rings is 1. The molecule has 3 heterocycles. The van der Waals surface area contributed by atoms with Crippen LogP contribution in [0.4, 0.5) is 0 Å². The highest BCUT2D eigenvalue weighted by atomic mass is 32.1. The van der Waals surface area contributed by atoms with Gasteiger partial charge in [-0.15, -0.1) is 22.7 Å². The Labute approximate surface area is 138 Å². The molecule has 2 aromatic heterocycles. The molecule has 0 radical (unpaired) electrons. The van der Waals surface area contributed by atoms with Gasteiger partial charge in [-0.05, 0) is 18.4 Å². The second-order valence-corrected chi connectivity index (χ2v) is 7.38. The first-order valence-corrected chi connectivity index (χ1v) is 9.50. The van der Waals surface area contributed by atoms with E-state index in [2.05, 4.69) is 22.9 Å². The van der Waals surface area contributed by atoms with Crippen LogP contribution in [0.1, 0.15) is 25.5 Å². The third kappa shape index (κ3) is 3.74. The van der Waals surface area contributed by atoms with E-state index in [9.17, 15) is 4.79 Å². The van der Waals surface area contributed by atoms with Gasteiger partial charge in [0.15, 0.2) is 0 Å². The monoisotopic (exact) mass is 337 g/mol. The second-order valence-electron chi connectivity index (χ2n) is 5.57. The van der Waals surface area contributed by atoms with Crippen molar-refractivity contribution >= 4 is 28.6 Å². The minimum atomic E-state index is -0.0183. The van der Waals surface area contributed by atoms with Crippen molar-refractivity contribution in [3.8, 4) is 9.88 Å². The first-order valence-electron chi connectivity index (χ1n) is 7.74. The molecule has 4 nitrogen and oxygen atoms in total. The molecule has 2 aromatic rings. The Morgan fingerprint density at radius 2 is 2.23 bits per heavy atom. The zero-order chi connectivity index (χ0) is 15.4. The number of thiophene rings is 1. The van der Waals surface area contributed by atoms with Crippen LogP contribution in [0.3, 0.4) is 0 Å². The molecule has 0 spiro atoms. The Bertz CT molecular complexity index is 601. The maximum absolute atomic E-state index is 11.8. The minimum Gasteiger partial charge on any atom is -0.466 e. The molecule has 1 aliphatic heterocycles. The summed E-state index contributed by atoms with van der Waals surface area (Å²) in [6.07, 6.45) is 1.85. The fourth-order valence-electron chi connectivity index (χ4n) is 2.86. The highest BCUT2D eigenvalue weighted by molar-refractivity contribution is 7.20. The zero-order valence-corrected chi connectivity index (χ0v) is 14.3. The topological polar surface area (TPSA) is 43.6 Å². The molecule has 0 saturated carbocycles. The zero-order valence-electron chi connectivity index (χ0n) is 12.7. The summed E-state index contributed by atoms with van der Waals surface area (Å²) in [6.45, 7) is 5.35. The van der Waals surface area contributed by atoms with Gasteiger partial charge in [-0.25, -0.2) is 4.98 Å². The average Bonchev–Trinajstić information content (AvgIpc) is 3.19. The molecular formula is C16H21N2O2S2+. The number of nitrogens with zero attached hydrogens (tertiary/aromatic N) is 1. The Morgan fingerprint density at radius 1 is 1.41 bits per heavy atom. The van der Waals surface area contributed by atoms with Crippen molar-refractivity contribution in [3.05, 3.63) is 28.6 Å². The summed E-state index contributed by atoms with van der Waals surface area (Å²) in [5, 5.41) is 5.37. The highest BCUT2D eigenvalue weighted by Crippen LogP contribution is 2.27. The van der Waals surface area contributed by atoms with E-state index in [4.69, 9.17) is 9.72 Å². The van der Waals surface area contributed by atoms with Gasteiger partial charge in [-0.2, -0.15) is 0 Å². The summed E-state index contributed by atoms with van der Waals surface area (Å²) in [7, 11) is 0. The van der Waals surface area contributed by atoms with Crippen LogP contribution in [-0.4, -0.2) is 30.6 Å². The molecule has 0 amide bonds. The summed E-state index contributed by atoms with van der Waals surface area (Å²) in [6, 6.07) is 4.18. The fraction of sp³-hybridized carbons (Fsp3) is 0.500. The van der Waals surface area contributed by atoms with Gasteiger partial charge in [0.1, 0.15) is 17.2 Å². The van der Waals surface area contributed by atoms with Gasteiger partial charge in [-0.3, -0.25) is 4.79 Å². The number of carbonyl (C=O) groups excluding carboxylic acids is 1. The fourth-order valence-corrected chi connectivity index (χ4v) is 4.49. The van der Waals surface area contributed by atoms with Gasteiger partial charge in [0, 0.05) is 18.2 Å². The molecule has 0 atom stereocenters. The molecule has 0 unspecified atom stereocenters. The van der Waals surface area contributed by atoms with Gasteiger partial charge in [0.05, 0.1) is 30.5 Å². The van der Waals surface area contributed by atoms with Crippen molar-refractivity contribution in [2.75, 3.05) is 19.7 Å². The SMILES string of the molecule is CCOC(=O)C1CC[NH+](Cc2csc(-c3cccs3)n2)CC1. The van der Waals surface area contributed by atoms with E-state index in [1.165, 1.54) is 9.78 Å². The van der Waals surface area contributed by atoms with E-state index in [-0.39, 0.29) is 11.9 Å². The van der Waals surface area contributed by atoms with Crippen molar-refractivity contribution in [2.45, 2.75) is 26.3 Å². The van der Waals surface area contributed by atoms with E-state index < -0.39 is 0 Å². The standard InChI is InChI=1S/C16H20N2O2S2/c1-2-20-16(19)12-5-7-18(8-6-12)10-13-11-22-15(17-13)14-4-3-9-21-14/h3-4,9,11-12H,2,5-8,10H2,1H3/p+1. The molecule has 3 rings (SSSR count). The van der Waals surface area contributed by atoms with Crippen molar-refractivity contribution in [2.24, 2.45) is 5.92 Å². The molecule has 22 heavy (non-hydrogen) atoms. The first-order chi connectivity index (χ1) is 10.8. The van der Waals surface area contributed by atoms with Crippen molar-refractivity contribution in [3.63, 3.8) is 0 Å². The van der Waals surface area contributed by atoms with E-state index in [1.54, 1.807) is 22.7 Å². The van der Waals surface area contributed by atoms with E-state index in [0.717, 1.165) is 43.2 Å². The summed E-state index contributed by atoms with van der Waals surface area (Å²) >= 11 is 3.45. The first kappa shape index (κ1) is 15.6. The summed E-state index contributed by atoms with van der Waals surface area (Å²) in [5.74, 6) is 0.0796. The maximum atomic E-state index is 11.8. The smallest absolute Gasteiger partial charge is 0.309 e. The largest absolute Gasteiger partial charge is 0.466 e. The van der Waals surface area contributed by atoms with Crippen molar-refractivity contribution < 1.29 is 14.4 Å². The quantitative estimate of drug-likeness (QED) is 0.851. The Kier molecular flexibility index (Phi) is 5.23. The molecular weight excluding hydrogens is 316 g/mol. The van der Waals surface area contributed by atoms with Crippen LogP contribution in [0.15, 0.2) is 22.9 Å². The number of carbonyl (C=O) groups is 1. The van der Waals surface area contributed by atoms with Crippen LogP contribution in [0.5, 0.6) is 0 Å². The number of thiazole rings is 1. The molecule has 1 saturated heterocycles. The molecule has 118 valence electrons. The molecule has 0 bridgehead atoms. The van der Waals surface area contributed by atoms with Crippen LogP contribution in [-0.2, 0) is 16.1 Å². The third-order valence-corrected chi connectivity index (χ3v) is 5.96. The van der Waals surface area contributed by atoms with Crippen LogP contribution in [0.2, 0.25) is 0 Å². The Hall–Kier alpha value is -1.24. The minimum absolute atomic E-state index is 0.0183. The van der Waals surface area contributed by atoms with E-state index in [0.29, 0.717) is 6.61 Å². The normalized spacial score (nSPS) is 21.7. The highest BCUT2D eigenvalue weighted by Gasteiger charge is 2.28. The number of nitrogens with one attached hydrogen (secondary N) is 1. The summed E-state index contributed by atoms with van der Waals surface area (Å²) in [5.41, 5.74) is 1.16. The average molecular weight is 337 g/mol. The lowest BCUT2D eigenvalue weighted by Gasteiger charge is -2.27. The number of rotatable bonds is 5. The van der Waals surface area contributed by atoms with Crippen molar-refractivity contribution in [1.82, 2.24) is 4.98 Å². The van der Waals surface area contributed by atoms with E-state index >= 15 is 0 Å². The van der Waals surface area contributed by atoms with Gasteiger partial charge in [0.25, 0.3) is 0 Å². The lowest BCUT2D eigenvalue weighted by atomic mass is 9.97. The molecule has 1 fully saturated rings. The summed E-state index contributed by atoms with van der Waals surface area (Å²) < 4.78 is 5.12. The van der Waals surface area contributed by atoms with Crippen LogP contribution >= 0.6 is 22.7 Å². The predicted octanol–water partition coefficient (Wildman–Crippen LogP) is 2.23. The predicted molar refractivity (Wildman–Crippen MR) is 89.2 cm³/mol. The number of ether oxygens (including phenoxy) is 1. The lowest BCUT2D eigenvalue weighted by Crippen LogP contribution is -3.11. The van der Waals surface area contributed by atoms with Gasteiger partial charge >= 0.3 is 5.97 Å². The van der Waals surface area contributed by atoms with Crippen LogP contribution in [0.25, 0.3) is 9.88 Å². The molecule has 1 N–H and O–H groups in total. The lowest BCUT2D eigenvalue weighted by molar-refractivity contribution is -0.919. The molecule has 0 aromatic carbocycles. The number of likely N-dealkylation sites (tertiary alicyclic amines) is 1.